The van der Waals surface area contributed by atoms with E-state index < -0.39 is 0 Å². The van der Waals surface area contributed by atoms with Crippen molar-refractivity contribution in [3.8, 4) is 5.75 Å². The second-order valence-corrected chi connectivity index (χ2v) is 7.15. The standard InChI is InChI=1S/C19H30N4OS/c1-4-23(5-2)13-16-12-15(10-11-18(16)24)14(3)21-22-19(25)20-17-8-6-7-9-17/h10-12,17,24H,4-9,13H2,1-3H3,(H2,20,22,25)/p+1/b21-14+. The van der Waals surface area contributed by atoms with Crippen molar-refractivity contribution in [3.63, 3.8) is 0 Å². The maximum absolute atomic E-state index is 10.1. The third kappa shape index (κ3) is 5.97. The monoisotopic (exact) mass is 363 g/mol. The number of quaternary nitrogens is 1. The first kappa shape index (κ1) is 19.7. The fourth-order valence-corrected chi connectivity index (χ4v) is 3.42. The van der Waals surface area contributed by atoms with Crippen LogP contribution >= 0.6 is 12.2 Å². The summed E-state index contributed by atoms with van der Waals surface area (Å²) in [7, 11) is 0. The van der Waals surface area contributed by atoms with Crippen molar-refractivity contribution in [1.29, 1.82) is 0 Å². The lowest BCUT2D eigenvalue weighted by Crippen LogP contribution is -3.10. The minimum absolute atomic E-state index is 0.349. The highest BCUT2D eigenvalue weighted by Crippen LogP contribution is 2.19. The Hall–Kier alpha value is -1.66. The van der Waals surface area contributed by atoms with Gasteiger partial charge in [0.1, 0.15) is 12.3 Å². The van der Waals surface area contributed by atoms with Crippen LogP contribution in [0.2, 0.25) is 0 Å². The molecule has 2 rings (SSSR count). The molecule has 0 saturated heterocycles. The molecule has 0 aromatic heterocycles. The molecule has 0 atom stereocenters. The predicted octanol–water partition coefficient (Wildman–Crippen LogP) is 1.95. The first-order chi connectivity index (χ1) is 12.0. The van der Waals surface area contributed by atoms with E-state index in [0.29, 0.717) is 16.9 Å². The van der Waals surface area contributed by atoms with Crippen LogP contribution < -0.4 is 15.6 Å². The van der Waals surface area contributed by atoms with E-state index in [-0.39, 0.29) is 0 Å². The molecule has 0 bridgehead atoms. The molecule has 1 aromatic carbocycles. The van der Waals surface area contributed by atoms with E-state index >= 15 is 0 Å². The van der Waals surface area contributed by atoms with Crippen molar-refractivity contribution in [2.45, 2.75) is 59.0 Å². The highest BCUT2D eigenvalue weighted by Gasteiger charge is 2.15. The molecule has 5 nitrogen and oxygen atoms in total. The second-order valence-electron chi connectivity index (χ2n) is 6.74. The summed E-state index contributed by atoms with van der Waals surface area (Å²) in [5.74, 6) is 0.349. The lowest BCUT2D eigenvalue weighted by molar-refractivity contribution is -0.910. The summed E-state index contributed by atoms with van der Waals surface area (Å²) < 4.78 is 0. The topological polar surface area (TPSA) is 61.1 Å². The Morgan fingerprint density at radius 1 is 1.28 bits per heavy atom. The molecule has 0 amide bonds. The summed E-state index contributed by atoms with van der Waals surface area (Å²) in [6, 6.07) is 6.15. The van der Waals surface area contributed by atoms with Gasteiger partial charge in [0.05, 0.1) is 18.8 Å². The number of hydrogen-bond donors (Lipinski definition) is 4. The van der Waals surface area contributed by atoms with E-state index in [1.54, 1.807) is 6.07 Å². The summed E-state index contributed by atoms with van der Waals surface area (Å²) in [6.45, 7) is 9.16. The van der Waals surface area contributed by atoms with Gasteiger partial charge in [-0.3, -0.25) is 5.43 Å². The van der Waals surface area contributed by atoms with Gasteiger partial charge in [0.2, 0.25) is 0 Å². The molecule has 0 heterocycles. The molecule has 0 aliphatic heterocycles. The van der Waals surface area contributed by atoms with Crippen molar-refractivity contribution in [1.82, 2.24) is 10.7 Å². The van der Waals surface area contributed by atoms with Gasteiger partial charge in [-0.1, -0.05) is 12.8 Å². The maximum atomic E-state index is 10.1. The first-order valence-corrected chi connectivity index (χ1v) is 9.70. The smallest absolute Gasteiger partial charge is 0.187 e. The Morgan fingerprint density at radius 2 is 1.96 bits per heavy atom. The number of nitrogens with zero attached hydrogens (tertiary/aromatic N) is 1. The number of hydrogen-bond acceptors (Lipinski definition) is 3. The number of phenols is 1. The molecule has 1 aliphatic rings. The number of hydrazone groups is 1. The molecule has 25 heavy (non-hydrogen) atoms. The van der Waals surface area contributed by atoms with Crippen molar-refractivity contribution < 1.29 is 10.0 Å². The largest absolute Gasteiger partial charge is 0.507 e. The minimum atomic E-state index is 0.349. The highest BCUT2D eigenvalue weighted by atomic mass is 32.1. The first-order valence-electron chi connectivity index (χ1n) is 9.30. The van der Waals surface area contributed by atoms with Crippen molar-refractivity contribution in [2.24, 2.45) is 5.10 Å². The molecule has 1 fully saturated rings. The Labute approximate surface area is 156 Å². The number of aromatic hydroxyl groups is 1. The van der Waals surface area contributed by atoms with E-state index in [9.17, 15) is 5.11 Å². The van der Waals surface area contributed by atoms with E-state index in [4.69, 9.17) is 12.2 Å². The van der Waals surface area contributed by atoms with Crippen molar-refractivity contribution in [2.75, 3.05) is 13.1 Å². The molecule has 4 N–H and O–H groups in total. The van der Waals surface area contributed by atoms with Gasteiger partial charge in [-0.2, -0.15) is 5.10 Å². The van der Waals surface area contributed by atoms with Crippen LogP contribution in [0.4, 0.5) is 0 Å². The number of thiocarbonyl (C=S) groups is 1. The minimum Gasteiger partial charge on any atom is -0.507 e. The van der Waals surface area contributed by atoms with E-state index in [2.05, 4.69) is 29.7 Å². The number of phenolic OH excluding ortho intramolecular Hbond substituents is 1. The molecule has 6 heteroatoms. The normalized spacial score (nSPS) is 15.6. The van der Waals surface area contributed by atoms with Crippen LogP contribution in [0.3, 0.4) is 0 Å². The molecule has 0 spiro atoms. The molecule has 0 radical (unpaired) electrons. The fourth-order valence-electron chi connectivity index (χ4n) is 3.21. The van der Waals surface area contributed by atoms with Gasteiger partial charge in [0, 0.05) is 11.6 Å². The van der Waals surface area contributed by atoms with Crippen LogP contribution in [0, 0.1) is 0 Å². The number of rotatable bonds is 7. The third-order valence-corrected chi connectivity index (χ3v) is 5.16. The van der Waals surface area contributed by atoms with Crippen LogP contribution in [-0.4, -0.2) is 35.1 Å². The Balaban J connectivity index is 1.99. The molecule has 138 valence electrons. The number of benzene rings is 1. The molecule has 1 saturated carbocycles. The predicted molar refractivity (Wildman–Crippen MR) is 107 cm³/mol. The van der Waals surface area contributed by atoms with E-state index in [0.717, 1.165) is 36.5 Å². The zero-order valence-corrected chi connectivity index (χ0v) is 16.4. The lowest BCUT2D eigenvalue weighted by atomic mass is 10.1. The van der Waals surface area contributed by atoms with Crippen molar-refractivity contribution in [3.05, 3.63) is 29.3 Å². The summed E-state index contributed by atoms with van der Waals surface area (Å²) >= 11 is 5.32. The Morgan fingerprint density at radius 3 is 2.60 bits per heavy atom. The zero-order chi connectivity index (χ0) is 18.2. The summed E-state index contributed by atoms with van der Waals surface area (Å²) in [5, 5.41) is 18.4. The van der Waals surface area contributed by atoms with Crippen LogP contribution in [-0.2, 0) is 6.54 Å². The highest BCUT2D eigenvalue weighted by molar-refractivity contribution is 7.80. The molecular weight excluding hydrogens is 332 g/mol. The SMILES string of the molecule is CC[NH+](CC)Cc1cc(/C(C)=N/NC(=S)NC2CCCC2)ccc1O. The van der Waals surface area contributed by atoms with Crippen LogP contribution in [0.5, 0.6) is 5.75 Å². The van der Waals surface area contributed by atoms with Gasteiger partial charge >= 0.3 is 0 Å². The fraction of sp³-hybridized carbons (Fsp3) is 0.579. The second kappa shape index (κ2) is 9.73. The zero-order valence-electron chi connectivity index (χ0n) is 15.6. The Bertz CT molecular complexity index is 607. The Kier molecular flexibility index (Phi) is 7.65. The van der Waals surface area contributed by atoms with Gasteiger partial charge < -0.3 is 15.3 Å². The third-order valence-electron chi connectivity index (χ3n) is 4.95. The number of nitrogens with one attached hydrogen (secondary N) is 3. The summed E-state index contributed by atoms with van der Waals surface area (Å²) in [6.07, 6.45) is 4.90. The summed E-state index contributed by atoms with van der Waals surface area (Å²) in [5.41, 5.74) is 5.75. The van der Waals surface area contributed by atoms with Gasteiger partial charge in [0.15, 0.2) is 5.11 Å². The van der Waals surface area contributed by atoms with Gasteiger partial charge in [-0.25, -0.2) is 0 Å². The van der Waals surface area contributed by atoms with Crippen LogP contribution in [0.15, 0.2) is 23.3 Å². The van der Waals surface area contributed by atoms with Crippen LogP contribution in [0.25, 0.3) is 0 Å². The van der Waals surface area contributed by atoms with Gasteiger partial charge in [-0.05, 0) is 69.6 Å². The van der Waals surface area contributed by atoms with Gasteiger partial charge in [-0.15, -0.1) is 0 Å². The summed E-state index contributed by atoms with van der Waals surface area (Å²) in [4.78, 5) is 1.43. The average molecular weight is 364 g/mol. The van der Waals surface area contributed by atoms with Crippen LogP contribution in [0.1, 0.15) is 57.6 Å². The van der Waals surface area contributed by atoms with Gasteiger partial charge in [0.25, 0.3) is 0 Å². The van der Waals surface area contributed by atoms with E-state index in [1.165, 1.54) is 30.6 Å². The average Bonchev–Trinajstić information content (AvgIpc) is 3.11. The van der Waals surface area contributed by atoms with E-state index in [1.807, 2.05) is 19.1 Å². The molecular formula is C19H31N4OS+. The molecule has 1 aromatic rings. The molecule has 0 unspecified atom stereocenters. The quantitative estimate of drug-likeness (QED) is 0.340. The lowest BCUT2D eigenvalue weighted by Gasteiger charge is -2.17. The maximum Gasteiger partial charge on any atom is 0.187 e. The molecule has 1 aliphatic carbocycles. The van der Waals surface area contributed by atoms with Crippen molar-refractivity contribution >= 4 is 23.0 Å².